The number of pyridine rings is 1. The first-order valence-corrected chi connectivity index (χ1v) is 8.54. The molecule has 3 aromatic rings. The maximum Gasteiger partial charge on any atom is 0.278 e. The van der Waals surface area contributed by atoms with Gasteiger partial charge in [-0.3, -0.25) is 9.78 Å². The normalized spacial score (nSPS) is 18.1. The van der Waals surface area contributed by atoms with Crippen molar-refractivity contribution in [2.75, 3.05) is 0 Å². The number of imidazole rings is 1. The first-order chi connectivity index (χ1) is 11.8. The number of carbonyl (C=O) groups excluding carboxylic acids is 1. The lowest BCUT2D eigenvalue weighted by molar-refractivity contribution is 0.0966. The van der Waals surface area contributed by atoms with E-state index in [2.05, 4.69) is 15.3 Å². The molecule has 0 bridgehead atoms. The fourth-order valence-electron chi connectivity index (χ4n) is 4.06. The zero-order valence-electron chi connectivity index (χ0n) is 13.2. The molecule has 1 aliphatic carbocycles. The van der Waals surface area contributed by atoms with E-state index in [4.69, 9.17) is 4.98 Å². The Labute approximate surface area is 139 Å². The summed E-state index contributed by atoms with van der Waals surface area (Å²) in [5, 5.41) is 5.75. The number of nitrogens with zero attached hydrogens (tertiary/aromatic N) is 3. The van der Waals surface area contributed by atoms with Gasteiger partial charge in [-0.05, 0) is 25.0 Å². The molecule has 2 aromatic heterocycles. The molecule has 0 saturated heterocycles. The lowest BCUT2D eigenvalue weighted by Crippen LogP contribution is -2.16. The molecule has 1 saturated carbocycles. The van der Waals surface area contributed by atoms with Crippen molar-refractivity contribution in [2.45, 2.75) is 38.0 Å². The molecule has 0 unspecified atom stereocenters. The molecule has 3 heterocycles. The Hall–Kier alpha value is -2.69. The minimum atomic E-state index is -0.195. The van der Waals surface area contributed by atoms with E-state index in [1.807, 2.05) is 12.1 Å². The lowest BCUT2D eigenvalue weighted by Gasteiger charge is -2.19. The van der Waals surface area contributed by atoms with Gasteiger partial charge in [0.2, 0.25) is 0 Å². The molecule has 1 N–H and O–H groups in total. The number of hydrogen-bond donors (Lipinski definition) is 1. The number of fused-ring (bicyclic) bond motifs is 6. The van der Waals surface area contributed by atoms with Crippen LogP contribution in [0.2, 0.25) is 0 Å². The zero-order valence-corrected chi connectivity index (χ0v) is 13.2. The molecule has 119 valence electrons. The number of benzene rings is 1. The average Bonchev–Trinajstić information content (AvgIpc) is 3.08. The summed E-state index contributed by atoms with van der Waals surface area (Å²) in [6.45, 7) is 0. The van der Waals surface area contributed by atoms with Gasteiger partial charge in [-0.25, -0.2) is 10.3 Å². The van der Waals surface area contributed by atoms with Gasteiger partial charge >= 0.3 is 0 Å². The average molecular weight is 317 g/mol. The summed E-state index contributed by atoms with van der Waals surface area (Å²) < 4.78 is 0. The summed E-state index contributed by atoms with van der Waals surface area (Å²) in [5.74, 6) is 1.34. The third-order valence-electron chi connectivity index (χ3n) is 5.25. The van der Waals surface area contributed by atoms with Crippen LogP contribution in [0.3, 0.4) is 0 Å². The van der Waals surface area contributed by atoms with Crippen LogP contribution in [0.15, 0.2) is 24.7 Å². The minimum Gasteiger partial charge on any atom is -0.341 e. The first-order valence-electron chi connectivity index (χ1n) is 8.54. The SMILES string of the molecule is O=C1[N]C=Cc2c1c1ccncc1c1nc(C3CCCCC3)[nH]c21. The molecule has 1 radical (unpaired) electrons. The fraction of sp³-hybridized carbons (Fsp3) is 0.316. The van der Waals surface area contributed by atoms with Crippen LogP contribution in [0, 0.1) is 0 Å². The Bertz CT molecular complexity index is 995. The molecule has 0 atom stereocenters. The highest BCUT2D eigenvalue weighted by Gasteiger charge is 2.25. The molecule has 1 amide bonds. The van der Waals surface area contributed by atoms with Crippen LogP contribution in [0.5, 0.6) is 0 Å². The van der Waals surface area contributed by atoms with Gasteiger partial charge in [0.25, 0.3) is 5.91 Å². The van der Waals surface area contributed by atoms with E-state index in [0.717, 1.165) is 33.2 Å². The number of aromatic nitrogens is 3. The van der Waals surface area contributed by atoms with E-state index < -0.39 is 0 Å². The quantitative estimate of drug-likeness (QED) is 0.740. The summed E-state index contributed by atoms with van der Waals surface area (Å²) in [7, 11) is 0. The summed E-state index contributed by atoms with van der Waals surface area (Å²) in [6, 6.07) is 1.88. The molecule has 1 aromatic carbocycles. The molecular formula is C19H17N4O. The Morgan fingerprint density at radius 3 is 2.88 bits per heavy atom. The van der Waals surface area contributed by atoms with Gasteiger partial charge in [0.15, 0.2) is 0 Å². The first kappa shape index (κ1) is 13.7. The second-order valence-corrected chi connectivity index (χ2v) is 6.64. The fourth-order valence-corrected chi connectivity index (χ4v) is 4.06. The molecule has 0 spiro atoms. The smallest absolute Gasteiger partial charge is 0.278 e. The second kappa shape index (κ2) is 5.16. The van der Waals surface area contributed by atoms with Crippen LogP contribution in [0.1, 0.15) is 59.8 Å². The van der Waals surface area contributed by atoms with Crippen LogP contribution in [0.25, 0.3) is 27.9 Å². The van der Waals surface area contributed by atoms with Crippen molar-refractivity contribution in [3.8, 4) is 0 Å². The van der Waals surface area contributed by atoms with E-state index >= 15 is 0 Å². The number of hydrogen-bond acceptors (Lipinski definition) is 3. The molecule has 1 aliphatic heterocycles. The van der Waals surface area contributed by atoms with Crippen LogP contribution < -0.4 is 5.32 Å². The van der Waals surface area contributed by atoms with Crippen molar-refractivity contribution >= 4 is 33.8 Å². The van der Waals surface area contributed by atoms with E-state index in [9.17, 15) is 4.79 Å². The summed E-state index contributed by atoms with van der Waals surface area (Å²) in [6.07, 6.45) is 13.2. The third-order valence-corrected chi connectivity index (χ3v) is 5.25. The Kier molecular flexibility index (Phi) is 2.95. The van der Waals surface area contributed by atoms with Crippen molar-refractivity contribution in [3.63, 3.8) is 0 Å². The molecule has 5 nitrogen and oxygen atoms in total. The molecule has 1 fully saturated rings. The van der Waals surface area contributed by atoms with Crippen molar-refractivity contribution in [1.82, 2.24) is 20.3 Å². The highest BCUT2D eigenvalue weighted by atomic mass is 16.1. The Balaban J connectivity index is 1.84. The van der Waals surface area contributed by atoms with Gasteiger partial charge in [0.05, 0.1) is 16.6 Å². The predicted octanol–water partition coefficient (Wildman–Crippen LogP) is 3.89. The standard InChI is InChI=1S/C19H17N4O/c24-19-15-12-6-8-20-10-14(12)17-16(13(15)7-9-21-19)22-18(23-17)11-4-2-1-3-5-11/h6-11H,1-5H2,(H,22,23). The highest BCUT2D eigenvalue weighted by molar-refractivity contribution is 6.20. The van der Waals surface area contributed by atoms with Gasteiger partial charge in [0, 0.05) is 40.8 Å². The predicted molar refractivity (Wildman–Crippen MR) is 92.7 cm³/mol. The maximum atomic E-state index is 12.4. The monoisotopic (exact) mass is 317 g/mol. The number of aromatic amines is 1. The molecule has 5 heteroatoms. The van der Waals surface area contributed by atoms with Crippen molar-refractivity contribution < 1.29 is 4.79 Å². The van der Waals surface area contributed by atoms with Crippen LogP contribution in [-0.2, 0) is 0 Å². The van der Waals surface area contributed by atoms with E-state index in [0.29, 0.717) is 11.5 Å². The van der Waals surface area contributed by atoms with Crippen molar-refractivity contribution in [3.05, 3.63) is 41.6 Å². The van der Waals surface area contributed by atoms with Gasteiger partial charge in [-0.15, -0.1) is 0 Å². The zero-order chi connectivity index (χ0) is 16.1. The van der Waals surface area contributed by atoms with Crippen LogP contribution >= 0.6 is 0 Å². The Morgan fingerprint density at radius 2 is 2.00 bits per heavy atom. The summed E-state index contributed by atoms with van der Waals surface area (Å²) in [5.41, 5.74) is 3.40. The van der Waals surface area contributed by atoms with E-state index in [1.54, 1.807) is 18.6 Å². The number of H-pyrrole nitrogens is 1. The summed E-state index contributed by atoms with van der Waals surface area (Å²) >= 11 is 0. The highest BCUT2D eigenvalue weighted by Crippen LogP contribution is 2.37. The van der Waals surface area contributed by atoms with Crippen molar-refractivity contribution in [1.29, 1.82) is 0 Å². The second-order valence-electron chi connectivity index (χ2n) is 6.64. The molecule has 5 rings (SSSR count). The number of amides is 1. The number of nitrogens with one attached hydrogen (secondary N) is 1. The topological polar surface area (TPSA) is 72.7 Å². The summed E-state index contributed by atoms with van der Waals surface area (Å²) in [4.78, 5) is 25.1. The van der Waals surface area contributed by atoms with Gasteiger partial charge < -0.3 is 4.98 Å². The number of rotatable bonds is 1. The largest absolute Gasteiger partial charge is 0.341 e. The van der Waals surface area contributed by atoms with Gasteiger partial charge in [0.1, 0.15) is 5.82 Å². The number of carbonyl (C=O) groups is 1. The molecule has 24 heavy (non-hydrogen) atoms. The lowest BCUT2D eigenvalue weighted by atomic mass is 9.89. The van der Waals surface area contributed by atoms with Crippen molar-refractivity contribution in [2.24, 2.45) is 0 Å². The molecular weight excluding hydrogens is 300 g/mol. The van der Waals surface area contributed by atoms with E-state index in [-0.39, 0.29) is 5.91 Å². The van der Waals surface area contributed by atoms with Crippen LogP contribution in [0.4, 0.5) is 0 Å². The van der Waals surface area contributed by atoms with E-state index in [1.165, 1.54) is 32.1 Å². The van der Waals surface area contributed by atoms with Gasteiger partial charge in [-0.1, -0.05) is 19.3 Å². The van der Waals surface area contributed by atoms with Gasteiger partial charge in [-0.2, -0.15) is 0 Å². The molecule has 2 aliphatic rings. The third kappa shape index (κ3) is 1.90. The maximum absolute atomic E-state index is 12.4. The van der Waals surface area contributed by atoms with Crippen LogP contribution in [-0.4, -0.2) is 20.9 Å². The Morgan fingerprint density at radius 1 is 1.12 bits per heavy atom. The minimum absolute atomic E-state index is 0.195.